The van der Waals surface area contributed by atoms with Crippen molar-refractivity contribution in [2.75, 3.05) is 6.61 Å². The summed E-state index contributed by atoms with van der Waals surface area (Å²) >= 11 is 12.3. The molecule has 0 atom stereocenters. The summed E-state index contributed by atoms with van der Waals surface area (Å²) in [6.07, 6.45) is 1.43. The monoisotopic (exact) mass is 394 g/mol. The number of amides is 1. The molecule has 0 bridgehead atoms. The van der Waals surface area contributed by atoms with E-state index < -0.39 is 5.91 Å². The zero-order chi connectivity index (χ0) is 19.1. The number of ether oxygens (including phenoxy) is 2. The number of hydrazone groups is 1. The smallest absolute Gasteiger partial charge is 0.272 e. The van der Waals surface area contributed by atoms with E-state index in [0.717, 1.165) is 0 Å². The normalized spacial score (nSPS) is 11.0. The van der Waals surface area contributed by atoms with Gasteiger partial charge in [-0.25, -0.2) is 5.43 Å². The molecule has 5 nitrogen and oxygen atoms in total. The molecule has 0 saturated carbocycles. The highest BCUT2D eigenvalue weighted by molar-refractivity contribution is 6.34. The van der Waals surface area contributed by atoms with Gasteiger partial charge in [0.25, 0.3) is 5.91 Å². The largest absolute Gasteiger partial charge is 0.490 e. The fraction of sp³-hybridized carbons (Fsp3) is 0.263. The Hall–Kier alpha value is -2.24. The van der Waals surface area contributed by atoms with E-state index in [2.05, 4.69) is 10.5 Å². The van der Waals surface area contributed by atoms with Gasteiger partial charge >= 0.3 is 0 Å². The topological polar surface area (TPSA) is 59.9 Å². The molecule has 7 heteroatoms. The van der Waals surface area contributed by atoms with Crippen LogP contribution in [0.25, 0.3) is 0 Å². The van der Waals surface area contributed by atoms with Gasteiger partial charge in [0.05, 0.1) is 34.5 Å². The third kappa shape index (κ3) is 5.38. The van der Waals surface area contributed by atoms with Gasteiger partial charge in [-0.1, -0.05) is 35.3 Å². The second-order valence-corrected chi connectivity index (χ2v) is 6.42. The van der Waals surface area contributed by atoms with Gasteiger partial charge in [0.1, 0.15) is 0 Å². The number of carbonyl (C=O) groups excluding carboxylic acids is 1. The average Bonchev–Trinajstić information content (AvgIpc) is 2.58. The van der Waals surface area contributed by atoms with Crippen LogP contribution in [-0.4, -0.2) is 24.8 Å². The van der Waals surface area contributed by atoms with Crippen LogP contribution in [0.4, 0.5) is 0 Å². The Morgan fingerprint density at radius 3 is 2.62 bits per heavy atom. The summed E-state index contributed by atoms with van der Waals surface area (Å²) in [5, 5.41) is 4.72. The first kappa shape index (κ1) is 20.1. The fourth-order valence-electron chi connectivity index (χ4n) is 2.15. The Kier molecular flexibility index (Phi) is 7.30. The van der Waals surface area contributed by atoms with E-state index >= 15 is 0 Å². The van der Waals surface area contributed by atoms with Crippen molar-refractivity contribution < 1.29 is 14.3 Å². The first-order chi connectivity index (χ1) is 12.4. The fourth-order valence-corrected chi connectivity index (χ4v) is 2.63. The molecule has 0 fully saturated rings. The van der Waals surface area contributed by atoms with Gasteiger partial charge in [0.2, 0.25) is 0 Å². The number of hydrogen-bond donors (Lipinski definition) is 1. The summed E-state index contributed by atoms with van der Waals surface area (Å²) in [6, 6.07) is 10.2. The molecule has 0 aliphatic heterocycles. The molecule has 0 heterocycles. The van der Waals surface area contributed by atoms with Gasteiger partial charge in [-0.3, -0.25) is 4.79 Å². The van der Waals surface area contributed by atoms with Crippen LogP contribution >= 0.6 is 23.2 Å². The molecule has 2 aromatic carbocycles. The van der Waals surface area contributed by atoms with Crippen LogP contribution < -0.4 is 14.9 Å². The lowest BCUT2D eigenvalue weighted by Crippen LogP contribution is -2.18. The number of carbonyl (C=O) groups is 1. The zero-order valence-electron chi connectivity index (χ0n) is 14.8. The summed E-state index contributed by atoms with van der Waals surface area (Å²) in [4.78, 5) is 12.1. The number of hydrogen-bond acceptors (Lipinski definition) is 4. The summed E-state index contributed by atoms with van der Waals surface area (Å²) in [5.74, 6) is 0.607. The van der Waals surface area contributed by atoms with Gasteiger partial charge in [-0.2, -0.15) is 5.10 Å². The number of benzene rings is 2. The summed E-state index contributed by atoms with van der Waals surface area (Å²) < 4.78 is 11.3. The molecule has 0 saturated heterocycles. The number of halogens is 2. The lowest BCUT2D eigenvalue weighted by atomic mass is 10.2. The van der Waals surface area contributed by atoms with E-state index in [1.54, 1.807) is 36.4 Å². The Balaban J connectivity index is 2.17. The standard InChI is InChI=1S/C19H20Cl2N2O3/c1-4-25-17-10-13(9-16(21)18(17)26-12(2)3)11-22-23-19(24)14-7-5-6-8-15(14)20/h5-12H,4H2,1-3H3,(H,23,24)/b22-11-. The van der Waals surface area contributed by atoms with Crippen molar-refractivity contribution in [3.63, 3.8) is 0 Å². The molecule has 2 rings (SSSR count). The summed E-state index contributed by atoms with van der Waals surface area (Å²) in [6.45, 7) is 6.16. The summed E-state index contributed by atoms with van der Waals surface area (Å²) in [5.41, 5.74) is 3.45. The first-order valence-electron chi connectivity index (χ1n) is 8.13. The highest BCUT2D eigenvalue weighted by atomic mass is 35.5. The Morgan fingerprint density at radius 1 is 1.23 bits per heavy atom. The maximum atomic E-state index is 12.1. The van der Waals surface area contributed by atoms with Crippen LogP contribution in [0, 0.1) is 0 Å². The van der Waals surface area contributed by atoms with Crippen LogP contribution in [0.1, 0.15) is 36.7 Å². The molecule has 0 aromatic heterocycles. The van der Waals surface area contributed by atoms with Crippen molar-refractivity contribution in [1.82, 2.24) is 5.43 Å². The minimum absolute atomic E-state index is 0.0406. The molecular weight excluding hydrogens is 375 g/mol. The molecule has 0 aliphatic carbocycles. The number of nitrogens with one attached hydrogen (secondary N) is 1. The zero-order valence-corrected chi connectivity index (χ0v) is 16.3. The van der Waals surface area contributed by atoms with E-state index in [4.69, 9.17) is 32.7 Å². The van der Waals surface area contributed by atoms with E-state index in [1.807, 2.05) is 20.8 Å². The van der Waals surface area contributed by atoms with Crippen molar-refractivity contribution in [3.05, 3.63) is 57.6 Å². The minimum Gasteiger partial charge on any atom is -0.490 e. The molecular formula is C19H20Cl2N2O3. The molecule has 2 aromatic rings. The SMILES string of the molecule is CCOc1cc(/C=N\NC(=O)c2ccccc2Cl)cc(Cl)c1OC(C)C. The van der Waals surface area contributed by atoms with E-state index in [1.165, 1.54) is 6.21 Å². The van der Waals surface area contributed by atoms with E-state index in [9.17, 15) is 4.79 Å². The van der Waals surface area contributed by atoms with Crippen LogP contribution in [0.15, 0.2) is 41.5 Å². The van der Waals surface area contributed by atoms with Crippen molar-refractivity contribution in [2.24, 2.45) is 5.10 Å². The van der Waals surface area contributed by atoms with Gasteiger partial charge in [-0.05, 0) is 50.6 Å². The molecule has 26 heavy (non-hydrogen) atoms. The van der Waals surface area contributed by atoms with Crippen LogP contribution in [0.2, 0.25) is 10.0 Å². The highest BCUT2D eigenvalue weighted by Crippen LogP contribution is 2.37. The second-order valence-electron chi connectivity index (χ2n) is 5.61. The Morgan fingerprint density at radius 2 is 1.96 bits per heavy atom. The van der Waals surface area contributed by atoms with Crippen molar-refractivity contribution in [1.29, 1.82) is 0 Å². The maximum absolute atomic E-state index is 12.1. The van der Waals surface area contributed by atoms with Crippen LogP contribution in [0.3, 0.4) is 0 Å². The van der Waals surface area contributed by atoms with Crippen molar-refractivity contribution >= 4 is 35.3 Å². The lowest BCUT2D eigenvalue weighted by Gasteiger charge is -2.16. The van der Waals surface area contributed by atoms with Gasteiger partial charge in [0, 0.05) is 0 Å². The van der Waals surface area contributed by atoms with Gasteiger partial charge in [-0.15, -0.1) is 0 Å². The Bertz CT molecular complexity index is 807. The molecule has 1 N–H and O–H groups in total. The minimum atomic E-state index is -0.400. The quantitative estimate of drug-likeness (QED) is 0.534. The van der Waals surface area contributed by atoms with E-state index in [-0.39, 0.29) is 6.10 Å². The van der Waals surface area contributed by atoms with Gasteiger partial charge < -0.3 is 9.47 Å². The molecule has 138 valence electrons. The molecule has 0 unspecified atom stereocenters. The maximum Gasteiger partial charge on any atom is 0.272 e. The average molecular weight is 395 g/mol. The van der Waals surface area contributed by atoms with Crippen molar-refractivity contribution in [2.45, 2.75) is 26.9 Å². The van der Waals surface area contributed by atoms with Crippen LogP contribution in [-0.2, 0) is 0 Å². The molecule has 0 aliphatic rings. The lowest BCUT2D eigenvalue weighted by molar-refractivity contribution is 0.0955. The molecule has 0 spiro atoms. The number of nitrogens with zero attached hydrogens (tertiary/aromatic N) is 1. The Labute approximate surface area is 162 Å². The highest BCUT2D eigenvalue weighted by Gasteiger charge is 2.14. The molecule has 1 amide bonds. The molecule has 0 radical (unpaired) electrons. The summed E-state index contributed by atoms with van der Waals surface area (Å²) in [7, 11) is 0. The number of rotatable bonds is 7. The third-order valence-electron chi connectivity index (χ3n) is 3.18. The van der Waals surface area contributed by atoms with Gasteiger partial charge in [0.15, 0.2) is 11.5 Å². The third-order valence-corrected chi connectivity index (χ3v) is 3.79. The van der Waals surface area contributed by atoms with Crippen LogP contribution in [0.5, 0.6) is 11.5 Å². The first-order valence-corrected chi connectivity index (χ1v) is 8.88. The van der Waals surface area contributed by atoms with Crippen molar-refractivity contribution in [3.8, 4) is 11.5 Å². The van der Waals surface area contributed by atoms with E-state index in [0.29, 0.717) is 39.3 Å². The predicted molar refractivity (Wildman–Crippen MR) is 105 cm³/mol. The second kappa shape index (κ2) is 9.46. The predicted octanol–water partition coefficient (Wildman–Crippen LogP) is 4.94.